The third-order valence-electron chi connectivity index (χ3n) is 4.64. The van der Waals surface area contributed by atoms with Crippen LogP contribution in [0.1, 0.15) is 24.1 Å². The van der Waals surface area contributed by atoms with E-state index in [1.54, 1.807) is 6.20 Å². The summed E-state index contributed by atoms with van der Waals surface area (Å²) in [6.07, 6.45) is 5.53. The molecule has 7 heteroatoms. The molecule has 0 aliphatic carbocycles. The fourth-order valence-corrected chi connectivity index (χ4v) is 3.39. The summed E-state index contributed by atoms with van der Waals surface area (Å²) in [6, 6.07) is 15.3. The van der Waals surface area contributed by atoms with Crippen LogP contribution in [0.4, 0.5) is 5.95 Å². The molecule has 3 heterocycles. The van der Waals surface area contributed by atoms with Crippen molar-refractivity contribution >= 4 is 29.1 Å². The van der Waals surface area contributed by atoms with Crippen molar-refractivity contribution in [2.45, 2.75) is 26.2 Å². The number of benzene rings is 1. The van der Waals surface area contributed by atoms with Gasteiger partial charge in [-0.05, 0) is 55.7 Å². The Hall–Kier alpha value is -3.25. The van der Waals surface area contributed by atoms with E-state index in [1.165, 1.54) is 0 Å². The van der Waals surface area contributed by atoms with Crippen molar-refractivity contribution in [2.24, 2.45) is 0 Å². The Morgan fingerprint density at radius 2 is 1.93 bits per heavy atom. The molecule has 3 aromatic heterocycles. The molecular formula is C22H20ClN5O. The first kappa shape index (κ1) is 19.1. The SMILES string of the molecule is Cc1nc2ccccn2c1-c1ccnc(NC(=O)CCCc2ccc(Cl)cc2)n1. The predicted molar refractivity (Wildman–Crippen MR) is 114 cm³/mol. The normalized spacial score (nSPS) is 11.0. The minimum Gasteiger partial charge on any atom is -0.298 e. The van der Waals surface area contributed by atoms with Gasteiger partial charge in [0.25, 0.3) is 0 Å². The van der Waals surface area contributed by atoms with Crippen LogP contribution in [0.5, 0.6) is 0 Å². The van der Waals surface area contributed by atoms with E-state index in [-0.39, 0.29) is 5.91 Å². The van der Waals surface area contributed by atoms with Crippen molar-refractivity contribution < 1.29 is 4.79 Å². The molecule has 0 saturated heterocycles. The summed E-state index contributed by atoms with van der Waals surface area (Å²) in [7, 11) is 0. The maximum absolute atomic E-state index is 12.3. The van der Waals surface area contributed by atoms with E-state index in [0.29, 0.717) is 23.1 Å². The molecule has 0 aliphatic heterocycles. The number of fused-ring (bicyclic) bond motifs is 1. The molecule has 0 saturated carbocycles. The molecule has 6 nitrogen and oxygen atoms in total. The number of hydrogen-bond acceptors (Lipinski definition) is 4. The summed E-state index contributed by atoms with van der Waals surface area (Å²) in [5, 5.41) is 3.51. The minimum atomic E-state index is -0.106. The Morgan fingerprint density at radius 3 is 2.76 bits per heavy atom. The minimum absolute atomic E-state index is 0.106. The average Bonchev–Trinajstić information content (AvgIpc) is 3.05. The zero-order valence-corrected chi connectivity index (χ0v) is 16.7. The number of anilines is 1. The Labute approximate surface area is 173 Å². The van der Waals surface area contributed by atoms with Crippen LogP contribution in [0.2, 0.25) is 5.02 Å². The Bertz CT molecular complexity index is 1150. The van der Waals surface area contributed by atoms with Gasteiger partial charge in [0.1, 0.15) is 5.65 Å². The lowest BCUT2D eigenvalue weighted by molar-refractivity contribution is -0.116. The molecule has 146 valence electrons. The molecule has 29 heavy (non-hydrogen) atoms. The van der Waals surface area contributed by atoms with E-state index in [4.69, 9.17) is 11.6 Å². The van der Waals surface area contributed by atoms with Gasteiger partial charge in [-0.1, -0.05) is 29.8 Å². The quantitative estimate of drug-likeness (QED) is 0.504. The van der Waals surface area contributed by atoms with Crippen molar-refractivity contribution in [3.8, 4) is 11.4 Å². The molecule has 0 spiro atoms. The number of halogens is 1. The van der Waals surface area contributed by atoms with E-state index in [2.05, 4.69) is 20.3 Å². The van der Waals surface area contributed by atoms with E-state index in [9.17, 15) is 4.79 Å². The van der Waals surface area contributed by atoms with Crippen LogP contribution in [0.3, 0.4) is 0 Å². The van der Waals surface area contributed by atoms with Gasteiger partial charge in [-0.15, -0.1) is 0 Å². The summed E-state index contributed by atoms with van der Waals surface area (Å²) < 4.78 is 1.98. The van der Waals surface area contributed by atoms with Gasteiger partial charge in [0.2, 0.25) is 11.9 Å². The molecule has 1 N–H and O–H groups in total. The number of pyridine rings is 1. The van der Waals surface area contributed by atoms with Crippen molar-refractivity contribution in [1.29, 1.82) is 0 Å². The molecule has 4 rings (SSSR count). The van der Waals surface area contributed by atoms with Crippen LogP contribution in [-0.2, 0) is 11.2 Å². The fourth-order valence-electron chi connectivity index (χ4n) is 3.26. The topological polar surface area (TPSA) is 72.2 Å². The number of aryl methyl sites for hydroxylation is 2. The Kier molecular flexibility index (Phi) is 5.53. The molecule has 0 bridgehead atoms. The third kappa shape index (κ3) is 4.43. The van der Waals surface area contributed by atoms with Crippen LogP contribution < -0.4 is 5.32 Å². The third-order valence-corrected chi connectivity index (χ3v) is 4.89. The van der Waals surface area contributed by atoms with Crippen LogP contribution in [0, 0.1) is 6.92 Å². The second-order valence-corrected chi connectivity index (χ2v) is 7.20. The van der Waals surface area contributed by atoms with Crippen molar-refractivity contribution in [3.63, 3.8) is 0 Å². The summed E-state index contributed by atoms with van der Waals surface area (Å²) in [4.78, 5) is 25.6. The number of nitrogens with zero attached hydrogens (tertiary/aromatic N) is 4. The highest BCUT2D eigenvalue weighted by molar-refractivity contribution is 6.30. The number of carbonyl (C=O) groups is 1. The maximum atomic E-state index is 12.3. The number of amides is 1. The lowest BCUT2D eigenvalue weighted by Crippen LogP contribution is -2.14. The lowest BCUT2D eigenvalue weighted by atomic mass is 10.1. The molecule has 0 aliphatic rings. The van der Waals surface area contributed by atoms with E-state index in [0.717, 1.165) is 35.4 Å². The summed E-state index contributed by atoms with van der Waals surface area (Å²) in [6.45, 7) is 1.94. The first-order valence-corrected chi connectivity index (χ1v) is 9.79. The standard InChI is InChI=1S/C22H20ClN5O/c1-15-21(28-14-3-2-6-19(28)25-15)18-12-13-24-22(26-18)27-20(29)7-4-5-16-8-10-17(23)11-9-16/h2-3,6,8-14H,4-5,7H2,1H3,(H,24,26,27,29). The first-order chi connectivity index (χ1) is 14.1. The first-order valence-electron chi connectivity index (χ1n) is 9.41. The Balaban J connectivity index is 1.43. The van der Waals surface area contributed by atoms with Crippen LogP contribution in [-0.4, -0.2) is 25.3 Å². The van der Waals surface area contributed by atoms with Gasteiger partial charge in [0.15, 0.2) is 0 Å². The summed E-state index contributed by atoms with van der Waals surface area (Å²) in [5.41, 5.74) is 4.49. The monoisotopic (exact) mass is 405 g/mol. The number of hydrogen-bond donors (Lipinski definition) is 1. The molecule has 0 atom stereocenters. The van der Waals surface area contributed by atoms with Gasteiger partial charge in [0.05, 0.1) is 17.1 Å². The van der Waals surface area contributed by atoms with E-state index in [1.807, 2.05) is 66.1 Å². The zero-order chi connectivity index (χ0) is 20.2. The molecule has 0 radical (unpaired) electrons. The van der Waals surface area contributed by atoms with Crippen molar-refractivity contribution in [2.75, 3.05) is 5.32 Å². The molecule has 0 unspecified atom stereocenters. The number of aromatic nitrogens is 4. The van der Waals surface area contributed by atoms with Gasteiger partial charge in [0, 0.05) is 23.8 Å². The number of carbonyl (C=O) groups excluding carboxylic acids is 1. The van der Waals surface area contributed by atoms with Crippen LogP contribution in [0.15, 0.2) is 60.9 Å². The highest BCUT2D eigenvalue weighted by Crippen LogP contribution is 2.23. The smallest absolute Gasteiger partial charge is 0.229 e. The highest BCUT2D eigenvalue weighted by Gasteiger charge is 2.13. The van der Waals surface area contributed by atoms with Gasteiger partial charge >= 0.3 is 0 Å². The summed E-state index contributed by atoms with van der Waals surface area (Å²) in [5.74, 6) is 0.190. The van der Waals surface area contributed by atoms with E-state index < -0.39 is 0 Å². The van der Waals surface area contributed by atoms with E-state index >= 15 is 0 Å². The fraction of sp³-hybridized carbons (Fsp3) is 0.182. The predicted octanol–water partition coefficient (Wildman–Crippen LogP) is 4.71. The Morgan fingerprint density at radius 1 is 1.10 bits per heavy atom. The molecule has 1 amide bonds. The lowest BCUT2D eigenvalue weighted by Gasteiger charge is -2.07. The molecule has 4 aromatic rings. The summed E-state index contributed by atoms with van der Waals surface area (Å²) >= 11 is 5.89. The highest BCUT2D eigenvalue weighted by atomic mass is 35.5. The van der Waals surface area contributed by atoms with Crippen molar-refractivity contribution in [3.05, 3.63) is 77.2 Å². The van der Waals surface area contributed by atoms with Crippen LogP contribution >= 0.6 is 11.6 Å². The largest absolute Gasteiger partial charge is 0.298 e. The second-order valence-electron chi connectivity index (χ2n) is 6.77. The average molecular weight is 406 g/mol. The van der Waals surface area contributed by atoms with Crippen molar-refractivity contribution in [1.82, 2.24) is 19.4 Å². The van der Waals surface area contributed by atoms with Crippen LogP contribution in [0.25, 0.3) is 17.0 Å². The molecule has 1 aromatic carbocycles. The van der Waals surface area contributed by atoms with Gasteiger partial charge < -0.3 is 0 Å². The van der Waals surface area contributed by atoms with Gasteiger partial charge in [-0.2, -0.15) is 0 Å². The van der Waals surface area contributed by atoms with Gasteiger partial charge in [-0.3, -0.25) is 14.5 Å². The maximum Gasteiger partial charge on any atom is 0.229 e. The number of imidazole rings is 1. The second kappa shape index (κ2) is 8.41. The number of rotatable bonds is 6. The molecular weight excluding hydrogens is 386 g/mol. The number of nitrogens with one attached hydrogen (secondary N) is 1. The van der Waals surface area contributed by atoms with Gasteiger partial charge in [-0.25, -0.2) is 15.0 Å². The molecule has 0 fully saturated rings. The zero-order valence-electron chi connectivity index (χ0n) is 16.0.